The van der Waals surface area contributed by atoms with Crippen LogP contribution < -0.4 is 0 Å². The van der Waals surface area contributed by atoms with Crippen LogP contribution >= 0.6 is 0 Å². The third-order valence-corrected chi connectivity index (χ3v) is 2.21. The van der Waals surface area contributed by atoms with Crippen LogP contribution in [0.2, 0.25) is 0 Å². The molecule has 0 unspecified atom stereocenters. The van der Waals surface area contributed by atoms with E-state index in [0.717, 1.165) is 19.3 Å². The van der Waals surface area contributed by atoms with Crippen molar-refractivity contribution >= 4 is 0 Å². The molecule has 0 amide bonds. The molecule has 0 spiro atoms. The van der Waals surface area contributed by atoms with Gasteiger partial charge in [0.2, 0.25) is 0 Å². The highest BCUT2D eigenvalue weighted by molar-refractivity contribution is 5.06. The number of allylic oxidation sites excluding steroid dienone is 6. The average Bonchev–Trinajstić information content (AvgIpc) is 2.23. The molecule has 0 aromatic carbocycles. The monoisotopic (exact) mass is 202 g/mol. The normalized spacial score (nSPS) is 12.9. The fraction of sp³-hybridized carbons (Fsp3) is 0.400. The van der Waals surface area contributed by atoms with Gasteiger partial charge >= 0.3 is 0 Å². The van der Waals surface area contributed by atoms with Crippen molar-refractivity contribution in [3.8, 4) is 0 Å². The Morgan fingerprint density at radius 1 is 1.40 bits per heavy atom. The van der Waals surface area contributed by atoms with Gasteiger partial charge in [0.1, 0.15) is 0 Å². The van der Waals surface area contributed by atoms with Crippen LogP contribution in [-0.4, -0.2) is 0 Å². The molecule has 0 saturated carbocycles. The average molecular weight is 202 g/mol. The van der Waals surface area contributed by atoms with E-state index in [-0.39, 0.29) is 0 Å². The predicted octanol–water partition coefficient (Wildman–Crippen LogP) is 4.82. The molecule has 1 atom stereocenters. The Balaban J connectivity index is 3.70. The van der Waals surface area contributed by atoms with E-state index in [0.29, 0.717) is 5.92 Å². The van der Waals surface area contributed by atoms with Crippen molar-refractivity contribution in [2.75, 3.05) is 0 Å². The summed E-state index contributed by atoms with van der Waals surface area (Å²) >= 11 is 0. The molecule has 0 heterocycles. The number of rotatable bonds is 7. The van der Waals surface area contributed by atoms with Crippen molar-refractivity contribution < 1.29 is 0 Å². The molecule has 15 heavy (non-hydrogen) atoms. The summed E-state index contributed by atoms with van der Waals surface area (Å²) in [6.45, 7) is 11.6. The molecule has 0 aliphatic rings. The lowest BCUT2D eigenvalue weighted by Crippen LogP contribution is -1.83. The highest BCUT2D eigenvalue weighted by atomic mass is 13.9. The second-order valence-electron chi connectivity index (χ2n) is 3.81. The molecule has 0 radical (unpaired) electrons. The maximum absolute atomic E-state index is 3.72. The van der Waals surface area contributed by atoms with E-state index in [1.807, 2.05) is 6.08 Å². The van der Waals surface area contributed by atoms with Crippen LogP contribution in [0.15, 0.2) is 54.8 Å². The summed E-state index contributed by atoms with van der Waals surface area (Å²) in [7, 11) is 0. The molecular weight excluding hydrogens is 180 g/mol. The second kappa shape index (κ2) is 9.30. The lowest BCUT2D eigenvalue weighted by atomic mass is 10.1. The molecule has 0 heteroatoms. The molecule has 0 saturated heterocycles. The minimum absolute atomic E-state index is 0.585. The topological polar surface area (TPSA) is 0 Å². The summed E-state index contributed by atoms with van der Waals surface area (Å²) in [5.74, 6) is 0.585. The van der Waals surface area contributed by atoms with E-state index in [1.54, 1.807) is 0 Å². The van der Waals surface area contributed by atoms with Crippen LogP contribution in [0.1, 0.15) is 33.1 Å². The highest BCUT2D eigenvalue weighted by Gasteiger charge is 1.89. The first-order chi connectivity index (χ1) is 7.20. The number of hydrogen-bond donors (Lipinski definition) is 0. The molecule has 0 bridgehead atoms. The van der Waals surface area contributed by atoms with E-state index in [2.05, 4.69) is 57.0 Å². The Labute approximate surface area is 94.4 Å². The molecule has 0 N–H and O–H groups in total. The van der Waals surface area contributed by atoms with Gasteiger partial charge in [-0.05, 0) is 37.7 Å². The zero-order chi connectivity index (χ0) is 11.5. The van der Waals surface area contributed by atoms with E-state index in [9.17, 15) is 0 Å². The van der Waals surface area contributed by atoms with Crippen molar-refractivity contribution in [1.29, 1.82) is 0 Å². The van der Waals surface area contributed by atoms with Gasteiger partial charge in [0, 0.05) is 0 Å². The maximum atomic E-state index is 3.72. The van der Waals surface area contributed by atoms with Crippen LogP contribution in [0.25, 0.3) is 0 Å². The summed E-state index contributed by atoms with van der Waals surface area (Å²) in [6, 6.07) is 0. The van der Waals surface area contributed by atoms with Crippen molar-refractivity contribution in [3.63, 3.8) is 0 Å². The SMILES string of the molecule is C=C=C(C)CCC=CC=C[C@@H](C)CC=C. The van der Waals surface area contributed by atoms with Crippen LogP contribution in [0.4, 0.5) is 0 Å². The minimum atomic E-state index is 0.585. The Hall–Kier alpha value is -1.26. The van der Waals surface area contributed by atoms with Crippen molar-refractivity contribution in [1.82, 2.24) is 0 Å². The predicted molar refractivity (Wildman–Crippen MR) is 69.8 cm³/mol. The van der Waals surface area contributed by atoms with Crippen molar-refractivity contribution in [2.45, 2.75) is 33.1 Å². The van der Waals surface area contributed by atoms with Gasteiger partial charge in [0.25, 0.3) is 0 Å². The van der Waals surface area contributed by atoms with Gasteiger partial charge in [0.15, 0.2) is 0 Å². The van der Waals surface area contributed by atoms with Gasteiger partial charge in [-0.3, -0.25) is 0 Å². The first-order valence-corrected chi connectivity index (χ1v) is 5.50. The minimum Gasteiger partial charge on any atom is -0.130 e. The quantitative estimate of drug-likeness (QED) is 0.315. The molecule has 0 aliphatic carbocycles. The van der Waals surface area contributed by atoms with Gasteiger partial charge in [-0.25, -0.2) is 0 Å². The third-order valence-electron chi connectivity index (χ3n) is 2.21. The molecule has 0 nitrogen and oxygen atoms in total. The zero-order valence-electron chi connectivity index (χ0n) is 10.00. The molecular formula is C15H22. The fourth-order valence-corrected chi connectivity index (χ4v) is 1.16. The molecule has 0 aliphatic heterocycles. The van der Waals surface area contributed by atoms with Crippen LogP contribution in [0.3, 0.4) is 0 Å². The van der Waals surface area contributed by atoms with Gasteiger partial charge in [0.05, 0.1) is 0 Å². The van der Waals surface area contributed by atoms with Crippen molar-refractivity contribution in [2.24, 2.45) is 5.92 Å². The van der Waals surface area contributed by atoms with Gasteiger partial charge in [-0.15, -0.1) is 12.3 Å². The summed E-state index contributed by atoms with van der Waals surface area (Å²) in [5.41, 5.74) is 4.12. The first-order valence-electron chi connectivity index (χ1n) is 5.50. The second-order valence-corrected chi connectivity index (χ2v) is 3.81. The first kappa shape index (κ1) is 13.7. The maximum Gasteiger partial charge on any atom is -0.0212 e. The van der Waals surface area contributed by atoms with E-state index in [4.69, 9.17) is 0 Å². The summed E-state index contributed by atoms with van der Waals surface area (Å²) in [4.78, 5) is 0. The zero-order valence-corrected chi connectivity index (χ0v) is 10.00. The summed E-state index contributed by atoms with van der Waals surface area (Å²) in [5, 5.41) is 0. The Morgan fingerprint density at radius 2 is 2.13 bits per heavy atom. The summed E-state index contributed by atoms with van der Waals surface area (Å²) in [6.07, 6.45) is 13.7. The summed E-state index contributed by atoms with van der Waals surface area (Å²) < 4.78 is 0. The standard InChI is InChI=1S/C15H22/c1-5-11-15(4)13-10-8-7-9-12-14(3)6-2/h5,7-8,10,13,15H,1-2,9,11-12H2,3-4H3/t15-/m0/s1. The third kappa shape index (κ3) is 9.05. The smallest absolute Gasteiger partial charge is 0.0212 e. The van der Waals surface area contributed by atoms with Gasteiger partial charge < -0.3 is 0 Å². The molecule has 82 valence electrons. The molecule has 0 aromatic heterocycles. The van der Waals surface area contributed by atoms with Crippen LogP contribution in [-0.2, 0) is 0 Å². The van der Waals surface area contributed by atoms with Gasteiger partial charge in [-0.2, -0.15) is 0 Å². The van der Waals surface area contributed by atoms with E-state index in [1.165, 1.54) is 5.57 Å². The van der Waals surface area contributed by atoms with Crippen LogP contribution in [0.5, 0.6) is 0 Å². The molecule has 0 rings (SSSR count). The molecule has 0 fully saturated rings. The van der Waals surface area contributed by atoms with E-state index < -0.39 is 0 Å². The molecule has 0 aromatic rings. The fourth-order valence-electron chi connectivity index (χ4n) is 1.16. The number of hydrogen-bond acceptors (Lipinski definition) is 0. The largest absolute Gasteiger partial charge is 0.130 e. The highest BCUT2D eigenvalue weighted by Crippen LogP contribution is 2.05. The lowest BCUT2D eigenvalue weighted by molar-refractivity contribution is 0.745. The Kier molecular flexibility index (Phi) is 8.52. The lowest BCUT2D eigenvalue weighted by Gasteiger charge is -1.98. The van der Waals surface area contributed by atoms with Gasteiger partial charge in [-0.1, -0.05) is 43.9 Å². The van der Waals surface area contributed by atoms with Crippen molar-refractivity contribution in [3.05, 3.63) is 54.8 Å². The van der Waals surface area contributed by atoms with Crippen LogP contribution in [0, 0.1) is 5.92 Å². The van der Waals surface area contributed by atoms with E-state index >= 15 is 0 Å². The Bertz CT molecular complexity index is 272. The Morgan fingerprint density at radius 3 is 2.73 bits per heavy atom.